The van der Waals surface area contributed by atoms with E-state index in [0.717, 1.165) is 0 Å². The molecule has 1 heterocycles. The van der Waals surface area contributed by atoms with Crippen LogP contribution in [0.1, 0.15) is 41.0 Å². The summed E-state index contributed by atoms with van der Waals surface area (Å²) >= 11 is 0. The van der Waals surface area contributed by atoms with Gasteiger partial charge in [0, 0.05) is 18.9 Å². The van der Waals surface area contributed by atoms with Gasteiger partial charge < -0.3 is 39.0 Å². The number of nitrogens with one attached hydrogen (secondary N) is 1. The first-order valence-corrected chi connectivity index (χ1v) is 12.6. The minimum atomic E-state index is -1.38. The SMILES string of the molecule is CC=CC(/C=C\C(O[C@H](O[C@@H](C)CO)[C@@H](C)O[C@@H]1O[C@H](CN=O)CC(N=O)[C@H]1O)=C(/C)OC)CNC(C)O. The second kappa shape index (κ2) is 18.1. The molecule has 1 rings (SSSR count). The molecule has 0 amide bonds. The summed E-state index contributed by atoms with van der Waals surface area (Å²) in [5.41, 5.74) is 0. The fourth-order valence-corrected chi connectivity index (χ4v) is 3.55. The maximum atomic E-state index is 11.2. The molecule has 1 saturated heterocycles. The molecule has 0 aromatic carbocycles. The summed E-state index contributed by atoms with van der Waals surface area (Å²) in [5, 5.41) is 38.3. The smallest absolute Gasteiger partial charge is 0.226 e. The van der Waals surface area contributed by atoms with Crippen molar-refractivity contribution < 1.29 is 39.0 Å². The van der Waals surface area contributed by atoms with Gasteiger partial charge in [0.05, 0.1) is 25.9 Å². The topological polar surface area (TPSA) is 178 Å². The molecule has 0 aromatic heterocycles. The van der Waals surface area contributed by atoms with E-state index in [1.807, 2.05) is 25.2 Å². The van der Waals surface area contributed by atoms with Gasteiger partial charge in [0.25, 0.3) is 0 Å². The first-order chi connectivity index (χ1) is 18.1. The number of hydrogen-bond donors (Lipinski definition) is 4. The lowest BCUT2D eigenvalue weighted by Crippen LogP contribution is -2.51. The van der Waals surface area contributed by atoms with E-state index in [-0.39, 0.29) is 25.5 Å². The first kappa shape index (κ1) is 33.8. The molecule has 1 aliphatic rings. The van der Waals surface area contributed by atoms with E-state index < -0.39 is 49.3 Å². The van der Waals surface area contributed by atoms with Gasteiger partial charge in [0.1, 0.15) is 36.8 Å². The van der Waals surface area contributed by atoms with E-state index in [1.165, 1.54) is 7.11 Å². The van der Waals surface area contributed by atoms with Crippen LogP contribution in [-0.4, -0.2) is 91.4 Å². The van der Waals surface area contributed by atoms with Crippen molar-refractivity contribution in [3.8, 4) is 0 Å². The highest BCUT2D eigenvalue weighted by Gasteiger charge is 2.41. The second-order valence-corrected chi connectivity index (χ2v) is 9.05. The quantitative estimate of drug-likeness (QED) is 0.0651. The van der Waals surface area contributed by atoms with Crippen molar-refractivity contribution in [2.45, 2.75) is 90.3 Å². The van der Waals surface area contributed by atoms with Gasteiger partial charge in [-0.05, 0) is 40.7 Å². The molecule has 9 atom stereocenters. The van der Waals surface area contributed by atoms with Gasteiger partial charge in [-0.1, -0.05) is 28.6 Å². The Morgan fingerprint density at radius 3 is 2.50 bits per heavy atom. The van der Waals surface area contributed by atoms with Crippen LogP contribution in [0.3, 0.4) is 0 Å². The summed E-state index contributed by atoms with van der Waals surface area (Å²) in [6, 6.07) is -1.04. The number of rotatable bonds is 18. The molecule has 0 aromatic rings. The van der Waals surface area contributed by atoms with Crippen LogP contribution < -0.4 is 5.32 Å². The summed E-state index contributed by atoms with van der Waals surface area (Å²) in [6.45, 7) is 8.40. The summed E-state index contributed by atoms with van der Waals surface area (Å²) in [5.74, 6) is 0.659. The summed E-state index contributed by atoms with van der Waals surface area (Å²) in [4.78, 5) is 22.0. The zero-order valence-corrected chi connectivity index (χ0v) is 22.9. The molecule has 13 heteroatoms. The highest BCUT2D eigenvalue weighted by molar-refractivity contribution is 5.18. The molecule has 38 heavy (non-hydrogen) atoms. The van der Waals surface area contributed by atoms with E-state index in [1.54, 1.807) is 33.8 Å². The average Bonchev–Trinajstić information content (AvgIpc) is 2.89. The van der Waals surface area contributed by atoms with E-state index in [9.17, 15) is 25.1 Å². The van der Waals surface area contributed by atoms with Crippen molar-refractivity contribution in [3.63, 3.8) is 0 Å². The van der Waals surface area contributed by atoms with Crippen molar-refractivity contribution in [1.29, 1.82) is 0 Å². The fourth-order valence-electron chi connectivity index (χ4n) is 3.55. The number of nitrogens with zero attached hydrogens (tertiary/aromatic N) is 2. The number of hydrogen-bond acceptors (Lipinski definition) is 13. The van der Waals surface area contributed by atoms with Gasteiger partial charge in [-0.15, -0.1) is 0 Å². The van der Waals surface area contributed by atoms with Crippen molar-refractivity contribution >= 4 is 0 Å². The van der Waals surface area contributed by atoms with Crippen molar-refractivity contribution in [1.82, 2.24) is 5.32 Å². The minimum Gasteiger partial charge on any atom is -0.498 e. The Hall–Kier alpha value is -2.26. The van der Waals surface area contributed by atoms with Gasteiger partial charge in [0.15, 0.2) is 12.0 Å². The lowest BCUT2D eigenvalue weighted by atomic mass is 10.0. The van der Waals surface area contributed by atoms with Crippen LogP contribution in [0.5, 0.6) is 0 Å². The third-order valence-electron chi connectivity index (χ3n) is 5.75. The molecule has 218 valence electrons. The third kappa shape index (κ3) is 11.6. The highest BCUT2D eigenvalue weighted by Crippen LogP contribution is 2.27. The van der Waals surface area contributed by atoms with E-state index in [0.29, 0.717) is 18.1 Å². The zero-order chi connectivity index (χ0) is 28.7. The fraction of sp³-hybridized carbons (Fsp3) is 0.760. The number of aliphatic hydroxyl groups is 3. The van der Waals surface area contributed by atoms with Crippen LogP contribution >= 0.6 is 0 Å². The normalized spacial score (nSPS) is 26.9. The zero-order valence-electron chi connectivity index (χ0n) is 22.9. The van der Waals surface area contributed by atoms with Crippen molar-refractivity contribution in [3.05, 3.63) is 45.6 Å². The number of methoxy groups -OCH3 is 1. The van der Waals surface area contributed by atoms with E-state index in [2.05, 4.69) is 15.7 Å². The van der Waals surface area contributed by atoms with Crippen LogP contribution in [0.15, 0.2) is 46.2 Å². The Bertz CT molecular complexity index is 791. The van der Waals surface area contributed by atoms with E-state index >= 15 is 0 Å². The Kier molecular flexibility index (Phi) is 16.1. The monoisotopic (exact) mass is 545 g/mol. The summed E-state index contributed by atoms with van der Waals surface area (Å²) in [6.07, 6.45) is 0.675. The largest absolute Gasteiger partial charge is 0.498 e. The van der Waals surface area contributed by atoms with Gasteiger partial charge >= 0.3 is 0 Å². The number of ether oxygens (including phenoxy) is 5. The molecule has 0 spiro atoms. The van der Waals surface area contributed by atoms with Crippen molar-refractivity contribution in [2.24, 2.45) is 16.3 Å². The van der Waals surface area contributed by atoms with Crippen LogP contribution in [-0.2, 0) is 23.7 Å². The lowest BCUT2D eigenvalue weighted by Gasteiger charge is -2.38. The van der Waals surface area contributed by atoms with E-state index in [4.69, 9.17) is 23.7 Å². The Labute approximate surface area is 223 Å². The van der Waals surface area contributed by atoms with Gasteiger partial charge in [-0.25, -0.2) is 0 Å². The van der Waals surface area contributed by atoms with Crippen LogP contribution in [0.25, 0.3) is 0 Å². The Morgan fingerprint density at radius 2 is 1.95 bits per heavy atom. The molecule has 4 N–H and O–H groups in total. The molecule has 0 aliphatic carbocycles. The number of aliphatic hydroxyl groups excluding tert-OH is 3. The first-order valence-electron chi connectivity index (χ1n) is 12.6. The number of nitroso groups, excluding NO2 is 2. The Morgan fingerprint density at radius 1 is 1.24 bits per heavy atom. The predicted octanol–water partition coefficient (Wildman–Crippen LogP) is 2.06. The second-order valence-electron chi connectivity index (χ2n) is 9.05. The van der Waals surface area contributed by atoms with Crippen molar-refractivity contribution in [2.75, 3.05) is 26.8 Å². The minimum absolute atomic E-state index is 0.0324. The number of allylic oxidation sites excluding steroid dienone is 3. The lowest BCUT2D eigenvalue weighted by molar-refractivity contribution is -0.294. The van der Waals surface area contributed by atoms with Gasteiger partial charge in [-0.3, -0.25) is 5.32 Å². The van der Waals surface area contributed by atoms with Crippen LogP contribution in [0.4, 0.5) is 0 Å². The van der Waals surface area contributed by atoms with Gasteiger partial charge in [-0.2, -0.15) is 9.81 Å². The van der Waals surface area contributed by atoms with Crippen LogP contribution in [0.2, 0.25) is 0 Å². The molecule has 1 aliphatic heterocycles. The molecule has 0 radical (unpaired) electrons. The maximum Gasteiger partial charge on any atom is 0.226 e. The molecule has 0 bridgehead atoms. The summed E-state index contributed by atoms with van der Waals surface area (Å²) < 4.78 is 28.9. The van der Waals surface area contributed by atoms with Crippen LogP contribution in [0, 0.1) is 15.7 Å². The predicted molar refractivity (Wildman–Crippen MR) is 139 cm³/mol. The Balaban J connectivity index is 3.16. The molecular formula is C25H43N3O10. The average molecular weight is 546 g/mol. The highest BCUT2D eigenvalue weighted by atomic mass is 16.7. The third-order valence-corrected chi connectivity index (χ3v) is 5.75. The van der Waals surface area contributed by atoms with Gasteiger partial charge in [0.2, 0.25) is 6.29 Å². The molecule has 3 unspecified atom stereocenters. The molecular weight excluding hydrogens is 502 g/mol. The standard InChI is InChI=1S/C25H43N3O10/c1-7-8-19(12-26-18(5)30)9-10-22(16(3)34-6)38-24(35-15(2)14-29)17(4)36-25-23(31)21(28-33)11-20(37-25)13-27-32/h7-10,15,17-21,23-26,29-31H,11-14H2,1-6H3/b8-7?,10-9-,22-16-/t15-,17+,18?,19?,20-,21?,23+,24-,25+/m0/s1. The molecule has 13 nitrogen and oxygen atoms in total. The molecule has 0 saturated carbocycles. The maximum absolute atomic E-state index is 11.2. The summed E-state index contributed by atoms with van der Waals surface area (Å²) in [7, 11) is 1.48. The molecule has 1 fully saturated rings.